The van der Waals surface area contributed by atoms with E-state index in [1.54, 1.807) is 0 Å². The minimum Gasteiger partial charge on any atom is -0.314 e. The van der Waals surface area contributed by atoms with Gasteiger partial charge in [-0.1, -0.05) is 0 Å². The molecule has 1 saturated carbocycles. The number of likely N-dealkylation sites (tertiary alicyclic amines) is 2. The molecule has 0 amide bonds. The summed E-state index contributed by atoms with van der Waals surface area (Å²) in [4.78, 5) is 5.33. The summed E-state index contributed by atoms with van der Waals surface area (Å²) < 4.78 is 0. The third kappa shape index (κ3) is 3.94. The van der Waals surface area contributed by atoms with Gasteiger partial charge in [-0.05, 0) is 83.7 Å². The molecule has 1 atom stereocenters. The Bertz CT molecular complexity index is 246. The van der Waals surface area contributed by atoms with Gasteiger partial charge in [0.2, 0.25) is 0 Å². The van der Waals surface area contributed by atoms with Crippen molar-refractivity contribution >= 4 is 0 Å². The first-order chi connectivity index (χ1) is 8.90. The maximum Gasteiger partial charge on any atom is 0.00683 e. The molecule has 18 heavy (non-hydrogen) atoms. The molecule has 0 aromatic rings. The molecule has 3 aliphatic rings. The predicted molar refractivity (Wildman–Crippen MR) is 75.9 cm³/mol. The highest BCUT2D eigenvalue weighted by atomic mass is 15.2. The lowest BCUT2D eigenvalue weighted by Gasteiger charge is -2.19. The lowest BCUT2D eigenvalue weighted by atomic mass is 10.1. The van der Waals surface area contributed by atoms with E-state index < -0.39 is 0 Å². The summed E-state index contributed by atoms with van der Waals surface area (Å²) in [7, 11) is 0. The van der Waals surface area contributed by atoms with Gasteiger partial charge in [-0.15, -0.1) is 0 Å². The topological polar surface area (TPSA) is 18.5 Å². The fraction of sp³-hybridized carbons (Fsp3) is 1.00. The summed E-state index contributed by atoms with van der Waals surface area (Å²) in [6.45, 7) is 9.34. The Morgan fingerprint density at radius 2 is 1.67 bits per heavy atom. The molecule has 3 fully saturated rings. The van der Waals surface area contributed by atoms with E-state index in [2.05, 4.69) is 15.1 Å². The van der Waals surface area contributed by atoms with E-state index in [0.717, 1.165) is 12.0 Å². The van der Waals surface area contributed by atoms with Gasteiger partial charge >= 0.3 is 0 Å². The molecule has 0 bridgehead atoms. The molecule has 0 spiro atoms. The molecule has 2 saturated heterocycles. The number of nitrogens with one attached hydrogen (secondary N) is 1. The van der Waals surface area contributed by atoms with Gasteiger partial charge < -0.3 is 15.1 Å². The van der Waals surface area contributed by atoms with Crippen LogP contribution in [0.5, 0.6) is 0 Å². The Morgan fingerprint density at radius 1 is 0.889 bits per heavy atom. The zero-order chi connectivity index (χ0) is 12.2. The fourth-order valence-corrected chi connectivity index (χ4v) is 3.43. The molecule has 3 rings (SSSR count). The van der Waals surface area contributed by atoms with Crippen LogP contribution in [0.15, 0.2) is 0 Å². The third-order valence-electron chi connectivity index (χ3n) is 4.79. The van der Waals surface area contributed by atoms with Crippen LogP contribution >= 0.6 is 0 Å². The van der Waals surface area contributed by atoms with Crippen LogP contribution in [0.2, 0.25) is 0 Å². The summed E-state index contributed by atoms with van der Waals surface area (Å²) in [5, 5.41) is 3.69. The third-order valence-corrected chi connectivity index (χ3v) is 4.79. The molecule has 1 aliphatic carbocycles. The first-order valence-electron chi connectivity index (χ1n) is 8.08. The van der Waals surface area contributed by atoms with Crippen LogP contribution in [0.1, 0.15) is 38.5 Å². The summed E-state index contributed by atoms with van der Waals surface area (Å²) in [5.74, 6) is 0.928. The fourth-order valence-electron chi connectivity index (χ4n) is 3.43. The van der Waals surface area contributed by atoms with Crippen LogP contribution in [-0.4, -0.2) is 61.7 Å². The molecule has 1 unspecified atom stereocenters. The van der Waals surface area contributed by atoms with Crippen molar-refractivity contribution in [3.63, 3.8) is 0 Å². The van der Waals surface area contributed by atoms with E-state index in [1.165, 1.54) is 84.3 Å². The monoisotopic (exact) mass is 251 g/mol. The van der Waals surface area contributed by atoms with Crippen LogP contribution in [0.4, 0.5) is 0 Å². The summed E-state index contributed by atoms with van der Waals surface area (Å²) in [5.41, 5.74) is 0. The zero-order valence-corrected chi connectivity index (χ0v) is 11.7. The van der Waals surface area contributed by atoms with Gasteiger partial charge in [0.15, 0.2) is 0 Å². The number of hydrogen-bond donors (Lipinski definition) is 1. The summed E-state index contributed by atoms with van der Waals surface area (Å²) in [6.07, 6.45) is 8.50. The van der Waals surface area contributed by atoms with E-state index in [4.69, 9.17) is 0 Å². The molecule has 0 radical (unpaired) electrons. The SMILES string of the molecule is C1CCN(CCCN2CCC(CNC3CC3)C2)C1. The molecular formula is C15H29N3. The maximum atomic E-state index is 3.69. The van der Waals surface area contributed by atoms with Crippen molar-refractivity contribution in [3.8, 4) is 0 Å². The van der Waals surface area contributed by atoms with Gasteiger partial charge in [0.25, 0.3) is 0 Å². The summed E-state index contributed by atoms with van der Waals surface area (Å²) >= 11 is 0. The maximum absolute atomic E-state index is 3.69. The average Bonchev–Trinajstić information content (AvgIpc) is 2.89. The molecule has 0 aromatic carbocycles. The first kappa shape index (κ1) is 12.9. The molecule has 0 aromatic heterocycles. The van der Waals surface area contributed by atoms with Crippen molar-refractivity contribution in [2.24, 2.45) is 5.92 Å². The van der Waals surface area contributed by atoms with Gasteiger partial charge in [-0.25, -0.2) is 0 Å². The van der Waals surface area contributed by atoms with Crippen molar-refractivity contribution in [1.29, 1.82) is 0 Å². The lowest BCUT2D eigenvalue weighted by molar-refractivity contribution is 0.273. The summed E-state index contributed by atoms with van der Waals surface area (Å²) in [6, 6.07) is 0.884. The number of rotatable bonds is 7. The van der Waals surface area contributed by atoms with Gasteiger partial charge in [-0.3, -0.25) is 0 Å². The van der Waals surface area contributed by atoms with Crippen molar-refractivity contribution in [2.75, 3.05) is 45.8 Å². The smallest absolute Gasteiger partial charge is 0.00683 e. The largest absolute Gasteiger partial charge is 0.314 e. The number of hydrogen-bond acceptors (Lipinski definition) is 3. The molecular weight excluding hydrogens is 222 g/mol. The van der Waals surface area contributed by atoms with Gasteiger partial charge in [0, 0.05) is 12.6 Å². The van der Waals surface area contributed by atoms with E-state index in [1.807, 2.05) is 0 Å². The van der Waals surface area contributed by atoms with Crippen LogP contribution in [0.25, 0.3) is 0 Å². The zero-order valence-electron chi connectivity index (χ0n) is 11.7. The molecule has 2 heterocycles. The number of nitrogens with zero attached hydrogens (tertiary/aromatic N) is 2. The molecule has 3 nitrogen and oxygen atoms in total. The Balaban J connectivity index is 1.24. The molecule has 2 aliphatic heterocycles. The average molecular weight is 251 g/mol. The quantitative estimate of drug-likeness (QED) is 0.740. The van der Waals surface area contributed by atoms with Crippen LogP contribution in [-0.2, 0) is 0 Å². The van der Waals surface area contributed by atoms with Crippen molar-refractivity contribution in [2.45, 2.75) is 44.6 Å². The van der Waals surface area contributed by atoms with Crippen LogP contribution < -0.4 is 5.32 Å². The second-order valence-electron chi connectivity index (χ2n) is 6.54. The Hall–Kier alpha value is -0.120. The van der Waals surface area contributed by atoms with Crippen LogP contribution in [0, 0.1) is 5.92 Å². The standard InChI is InChI=1S/C15H29N3/c1-2-8-17(7-1)9-3-10-18-11-6-14(13-18)12-16-15-4-5-15/h14-16H,1-13H2. The van der Waals surface area contributed by atoms with Gasteiger partial charge in [0.05, 0.1) is 0 Å². The second kappa shape index (κ2) is 6.36. The van der Waals surface area contributed by atoms with Crippen molar-refractivity contribution in [3.05, 3.63) is 0 Å². The van der Waals surface area contributed by atoms with E-state index in [0.29, 0.717) is 0 Å². The highest BCUT2D eigenvalue weighted by molar-refractivity contribution is 4.84. The molecule has 3 heteroatoms. The Kier molecular flexibility index (Phi) is 4.55. The molecule has 1 N–H and O–H groups in total. The highest BCUT2D eigenvalue weighted by Crippen LogP contribution is 2.21. The van der Waals surface area contributed by atoms with Crippen LogP contribution in [0.3, 0.4) is 0 Å². The highest BCUT2D eigenvalue weighted by Gasteiger charge is 2.26. The van der Waals surface area contributed by atoms with Gasteiger partial charge in [0.1, 0.15) is 0 Å². The van der Waals surface area contributed by atoms with Crippen molar-refractivity contribution in [1.82, 2.24) is 15.1 Å². The minimum absolute atomic E-state index is 0.884. The minimum atomic E-state index is 0.884. The predicted octanol–water partition coefficient (Wildman–Crippen LogP) is 1.55. The normalized spacial score (nSPS) is 30.3. The first-order valence-corrected chi connectivity index (χ1v) is 8.08. The van der Waals surface area contributed by atoms with Gasteiger partial charge in [-0.2, -0.15) is 0 Å². The van der Waals surface area contributed by atoms with E-state index >= 15 is 0 Å². The van der Waals surface area contributed by atoms with E-state index in [-0.39, 0.29) is 0 Å². The molecule has 104 valence electrons. The second-order valence-corrected chi connectivity index (χ2v) is 6.54. The Labute approximate surface area is 112 Å². The Morgan fingerprint density at radius 3 is 2.44 bits per heavy atom. The lowest BCUT2D eigenvalue weighted by Crippen LogP contribution is -2.29. The van der Waals surface area contributed by atoms with Crippen molar-refractivity contribution < 1.29 is 0 Å². The van der Waals surface area contributed by atoms with E-state index in [9.17, 15) is 0 Å².